The topological polar surface area (TPSA) is 18.5 Å². The molecule has 0 aliphatic carbocycles. The molecule has 0 heterocycles. The predicted octanol–water partition coefficient (Wildman–Crippen LogP) is 5.24. The van der Waals surface area contributed by atoms with Crippen molar-refractivity contribution < 1.29 is 9.47 Å². The van der Waals surface area contributed by atoms with Crippen LogP contribution < -0.4 is 9.47 Å². The van der Waals surface area contributed by atoms with Crippen LogP contribution in [0, 0.1) is 6.92 Å². The van der Waals surface area contributed by atoms with E-state index >= 15 is 0 Å². The fourth-order valence-electron chi connectivity index (χ4n) is 1.90. The highest BCUT2D eigenvalue weighted by Crippen LogP contribution is 2.27. The van der Waals surface area contributed by atoms with E-state index in [0.29, 0.717) is 6.61 Å². The zero-order valence-corrected chi connectivity index (χ0v) is 14.6. The molecule has 2 nitrogen and oxygen atoms in total. The molecule has 0 aliphatic rings. The van der Waals surface area contributed by atoms with Crippen LogP contribution in [0.25, 0.3) is 0 Å². The number of rotatable bonds is 5. The summed E-state index contributed by atoms with van der Waals surface area (Å²) in [5, 5.41) is 0.781. The second-order valence-corrected chi connectivity index (χ2v) is 5.91. The van der Waals surface area contributed by atoms with E-state index in [1.165, 1.54) is 5.56 Å². The molecule has 2 rings (SSSR count). The number of hydrogen-bond acceptors (Lipinski definition) is 2. The SMILES string of the molecule is COc1ccc(Br)c(COc2ccc(C)cc2CBr)c1. The zero-order valence-electron chi connectivity index (χ0n) is 11.5. The van der Waals surface area contributed by atoms with Crippen molar-refractivity contribution in [3.8, 4) is 11.5 Å². The fraction of sp³-hybridized carbons (Fsp3) is 0.250. The second kappa shape index (κ2) is 7.14. The first kappa shape index (κ1) is 15.4. The molecule has 0 saturated carbocycles. The summed E-state index contributed by atoms with van der Waals surface area (Å²) >= 11 is 7.03. The van der Waals surface area contributed by atoms with Gasteiger partial charge in [-0.2, -0.15) is 0 Å². The average molecular weight is 400 g/mol. The van der Waals surface area contributed by atoms with Crippen molar-refractivity contribution in [2.75, 3.05) is 7.11 Å². The molecule has 0 radical (unpaired) electrons. The summed E-state index contributed by atoms with van der Waals surface area (Å²) in [6.45, 7) is 2.58. The molecule has 20 heavy (non-hydrogen) atoms. The number of hydrogen-bond donors (Lipinski definition) is 0. The number of benzene rings is 2. The van der Waals surface area contributed by atoms with Crippen LogP contribution in [0.4, 0.5) is 0 Å². The molecular formula is C16H16Br2O2. The first-order valence-electron chi connectivity index (χ1n) is 6.24. The molecule has 0 unspecified atom stereocenters. The monoisotopic (exact) mass is 398 g/mol. The minimum Gasteiger partial charge on any atom is -0.497 e. The lowest BCUT2D eigenvalue weighted by Gasteiger charge is -2.12. The largest absolute Gasteiger partial charge is 0.497 e. The standard InChI is InChI=1S/C16H16Br2O2/c1-11-3-6-16(12(7-11)9-17)20-10-13-8-14(19-2)4-5-15(13)18/h3-8H,9-10H2,1-2H3. The van der Waals surface area contributed by atoms with E-state index in [4.69, 9.17) is 9.47 Å². The van der Waals surface area contributed by atoms with Gasteiger partial charge in [0, 0.05) is 20.9 Å². The van der Waals surface area contributed by atoms with Gasteiger partial charge in [-0.15, -0.1) is 0 Å². The number of methoxy groups -OCH3 is 1. The Bertz CT molecular complexity index is 597. The molecule has 2 aromatic rings. The number of alkyl halides is 1. The van der Waals surface area contributed by atoms with E-state index in [9.17, 15) is 0 Å². The Hall–Kier alpha value is -1.00. The third kappa shape index (κ3) is 3.76. The van der Waals surface area contributed by atoms with Crippen molar-refractivity contribution in [3.63, 3.8) is 0 Å². The third-order valence-corrected chi connectivity index (χ3v) is 4.37. The van der Waals surface area contributed by atoms with Crippen molar-refractivity contribution in [1.82, 2.24) is 0 Å². The molecule has 2 aromatic carbocycles. The summed E-state index contributed by atoms with van der Waals surface area (Å²) in [7, 11) is 1.66. The van der Waals surface area contributed by atoms with Gasteiger partial charge in [-0.1, -0.05) is 49.6 Å². The molecule has 0 bridgehead atoms. The van der Waals surface area contributed by atoms with Crippen LogP contribution in [-0.4, -0.2) is 7.11 Å². The molecule has 0 saturated heterocycles. The van der Waals surface area contributed by atoms with Crippen LogP contribution in [0.5, 0.6) is 11.5 Å². The number of halogens is 2. The van der Waals surface area contributed by atoms with Crippen LogP contribution in [0.3, 0.4) is 0 Å². The third-order valence-electron chi connectivity index (χ3n) is 3.00. The fourth-order valence-corrected chi connectivity index (χ4v) is 2.70. The maximum absolute atomic E-state index is 5.93. The quantitative estimate of drug-likeness (QED) is 0.640. The van der Waals surface area contributed by atoms with Gasteiger partial charge in [-0.3, -0.25) is 0 Å². The molecule has 0 amide bonds. The smallest absolute Gasteiger partial charge is 0.123 e. The molecule has 106 valence electrons. The van der Waals surface area contributed by atoms with Gasteiger partial charge in [-0.25, -0.2) is 0 Å². The Kier molecular flexibility index (Phi) is 5.49. The summed E-state index contributed by atoms with van der Waals surface area (Å²) in [6.07, 6.45) is 0. The van der Waals surface area contributed by atoms with E-state index in [1.807, 2.05) is 24.3 Å². The van der Waals surface area contributed by atoms with Crippen LogP contribution in [-0.2, 0) is 11.9 Å². The Labute approximate surface area is 136 Å². The maximum atomic E-state index is 5.93. The summed E-state index contributed by atoms with van der Waals surface area (Å²) in [6, 6.07) is 12.1. The number of aryl methyl sites for hydroxylation is 1. The van der Waals surface area contributed by atoms with Crippen LogP contribution in [0.15, 0.2) is 40.9 Å². The lowest BCUT2D eigenvalue weighted by molar-refractivity contribution is 0.302. The summed E-state index contributed by atoms with van der Waals surface area (Å²) < 4.78 is 12.2. The van der Waals surface area contributed by atoms with Gasteiger partial charge in [0.2, 0.25) is 0 Å². The Balaban J connectivity index is 2.16. The molecule has 0 aromatic heterocycles. The van der Waals surface area contributed by atoms with Crippen LogP contribution >= 0.6 is 31.9 Å². The molecule has 0 aliphatic heterocycles. The van der Waals surface area contributed by atoms with E-state index < -0.39 is 0 Å². The summed E-state index contributed by atoms with van der Waals surface area (Å²) in [5.74, 6) is 1.73. The van der Waals surface area contributed by atoms with Gasteiger partial charge >= 0.3 is 0 Å². The molecular weight excluding hydrogens is 384 g/mol. The second-order valence-electron chi connectivity index (χ2n) is 4.49. The van der Waals surface area contributed by atoms with Crippen molar-refractivity contribution >= 4 is 31.9 Å². The molecule has 0 fully saturated rings. The molecule has 4 heteroatoms. The lowest BCUT2D eigenvalue weighted by atomic mass is 10.1. The van der Waals surface area contributed by atoms with E-state index in [2.05, 4.69) is 50.9 Å². The molecule has 0 N–H and O–H groups in total. The first-order chi connectivity index (χ1) is 9.63. The number of ether oxygens (including phenoxy) is 2. The van der Waals surface area contributed by atoms with Crippen molar-refractivity contribution in [2.24, 2.45) is 0 Å². The van der Waals surface area contributed by atoms with Gasteiger partial charge in [0.25, 0.3) is 0 Å². The first-order valence-corrected chi connectivity index (χ1v) is 8.16. The minimum atomic E-state index is 0.501. The van der Waals surface area contributed by atoms with Crippen molar-refractivity contribution in [1.29, 1.82) is 0 Å². The van der Waals surface area contributed by atoms with Crippen LogP contribution in [0.2, 0.25) is 0 Å². The van der Waals surface area contributed by atoms with Gasteiger partial charge in [0.05, 0.1) is 7.11 Å². The van der Waals surface area contributed by atoms with Gasteiger partial charge in [0.1, 0.15) is 18.1 Å². The summed E-state index contributed by atoms with van der Waals surface area (Å²) in [5.41, 5.74) is 3.45. The highest BCUT2D eigenvalue weighted by molar-refractivity contribution is 9.10. The predicted molar refractivity (Wildman–Crippen MR) is 88.8 cm³/mol. The molecule has 0 spiro atoms. The van der Waals surface area contributed by atoms with Crippen LogP contribution in [0.1, 0.15) is 16.7 Å². The zero-order chi connectivity index (χ0) is 14.5. The minimum absolute atomic E-state index is 0.501. The lowest BCUT2D eigenvalue weighted by Crippen LogP contribution is -1.99. The normalized spacial score (nSPS) is 10.4. The van der Waals surface area contributed by atoms with E-state index in [0.717, 1.165) is 32.4 Å². The van der Waals surface area contributed by atoms with Gasteiger partial charge in [0.15, 0.2) is 0 Å². The Morgan fingerprint density at radius 1 is 1.05 bits per heavy atom. The Morgan fingerprint density at radius 3 is 2.55 bits per heavy atom. The van der Waals surface area contributed by atoms with Gasteiger partial charge in [-0.05, 0) is 31.2 Å². The molecule has 0 atom stereocenters. The summed E-state index contributed by atoms with van der Waals surface area (Å²) in [4.78, 5) is 0. The van der Waals surface area contributed by atoms with E-state index in [-0.39, 0.29) is 0 Å². The highest BCUT2D eigenvalue weighted by atomic mass is 79.9. The highest BCUT2D eigenvalue weighted by Gasteiger charge is 2.06. The maximum Gasteiger partial charge on any atom is 0.123 e. The van der Waals surface area contributed by atoms with Crippen molar-refractivity contribution in [3.05, 3.63) is 57.6 Å². The Morgan fingerprint density at radius 2 is 1.85 bits per heavy atom. The van der Waals surface area contributed by atoms with Gasteiger partial charge < -0.3 is 9.47 Å². The van der Waals surface area contributed by atoms with E-state index in [1.54, 1.807) is 7.11 Å². The average Bonchev–Trinajstić information content (AvgIpc) is 2.47. The van der Waals surface area contributed by atoms with Crippen molar-refractivity contribution in [2.45, 2.75) is 18.9 Å².